The highest BCUT2D eigenvalue weighted by Crippen LogP contribution is 2.08. The quantitative estimate of drug-likeness (QED) is 0.348. The molecule has 0 aromatic heterocycles. The van der Waals surface area contributed by atoms with Gasteiger partial charge in [-0.3, -0.25) is 0 Å². The maximum atomic E-state index is 10.5. The number of alkyl halides is 1. The molecule has 1 aliphatic rings. The molecule has 5 heteroatoms. The summed E-state index contributed by atoms with van der Waals surface area (Å²) in [5.74, 6) is 0. The number of carbonyl (C=O) groups is 1. The number of hydrogen-bond donors (Lipinski definition) is 3. The molecule has 0 aromatic carbocycles. The van der Waals surface area contributed by atoms with Gasteiger partial charge in [0, 0.05) is 6.54 Å². The first-order valence-electron chi connectivity index (χ1n) is 2.56. The van der Waals surface area contributed by atoms with E-state index in [4.69, 9.17) is 11.6 Å². The van der Waals surface area contributed by atoms with Crippen molar-refractivity contribution in [2.75, 3.05) is 6.54 Å². The molecule has 0 spiro atoms. The summed E-state index contributed by atoms with van der Waals surface area (Å²) in [7, 11) is 0. The summed E-state index contributed by atoms with van der Waals surface area (Å²) in [5, 5.41) is 4.70. The highest BCUT2D eigenvalue weighted by molar-refractivity contribution is 7.81. The standard InChI is InChI=1S/C4H7ClN2OS/c5-2-1-6-4(8)7-3(2)9/h2-3,9H,1H2,(H2,6,7,8). The summed E-state index contributed by atoms with van der Waals surface area (Å²) in [6.07, 6.45) is 0. The first-order valence-corrected chi connectivity index (χ1v) is 3.52. The van der Waals surface area contributed by atoms with E-state index < -0.39 is 0 Å². The number of thiol groups is 1. The lowest BCUT2D eigenvalue weighted by molar-refractivity contribution is 0.235. The molecule has 2 N–H and O–H groups in total. The summed E-state index contributed by atoms with van der Waals surface area (Å²) >= 11 is 9.69. The average molecular weight is 167 g/mol. The maximum absolute atomic E-state index is 10.5. The molecule has 1 saturated heterocycles. The molecule has 0 saturated carbocycles. The molecule has 0 radical (unpaired) electrons. The van der Waals surface area contributed by atoms with Gasteiger partial charge >= 0.3 is 6.03 Å². The van der Waals surface area contributed by atoms with Gasteiger partial charge in [0.1, 0.15) is 0 Å². The molecular weight excluding hydrogens is 160 g/mol. The van der Waals surface area contributed by atoms with E-state index in [1.54, 1.807) is 0 Å². The van der Waals surface area contributed by atoms with Crippen LogP contribution >= 0.6 is 24.2 Å². The summed E-state index contributed by atoms with van der Waals surface area (Å²) in [5.41, 5.74) is 0. The van der Waals surface area contributed by atoms with Crippen molar-refractivity contribution in [2.24, 2.45) is 0 Å². The van der Waals surface area contributed by atoms with Crippen LogP contribution in [0.5, 0.6) is 0 Å². The monoisotopic (exact) mass is 166 g/mol. The molecule has 0 bridgehead atoms. The average Bonchev–Trinajstić information content (AvgIpc) is 1.80. The zero-order chi connectivity index (χ0) is 6.85. The predicted molar refractivity (Wildman–Crippen MR) is 38.9 cm³/mol. The first-order chi connectivity index (χ1) is 4.20. The Labute approximate surface area is 63.5 Å². The number of carbonyl (C=O) groups excluding carboxylic acids is 1. The Kier molecular flexibility index (Phi) is 2.08. The van der Waals surface area contributed by atoms with E-state index in [9.17, 15) is 4.79 Å². The zero-order valence-corrected chi connectivity index (χ0v) is 6.25. The van der Waals surface area contributed by atoms with Crippen molar-refractivity contribution in [2.45, 2.75) is 10.8 Å². The molecule has 3 nitrogen and oxygen atoms in total. The molecule has 1 aliphatic heterocycles. The number of halogens is 1. The second-order valence-electron chi connectivity index (χ2n) is 1.82. The third-order valence-corrected chi connectivity index (χ3v) is 2.15. The Bertz CT molecular complexity index is 132. The lowest BCUT2D eigenvalue weighted by Gasteiger charge is -2.24. The van der Waals surface area contributed by atoms with Gasteiger partial charge < -0.3 is 10.6 Å². The van der Waals surface area contributed by atoms with Crippen molar-refractivity contribution in [3.05, 3.63) is 0 Å². The van der Waals surface area contributed by atoms with Gasteiger partial charge in [0.2, 0.25) is 0 Å². The van der Waals surface area contributed by atoms with Crippen molar-refractivity contribution in [1.29, 1.82) is 0 Å². The van der Waals surface area contributed by atoms with Crippen LogP contribution in [0.1, 0.15) is 0 Å². The molecule has 0 aliphatic carbocycles. The van der Waals surface area contributed by atoms with Crippen LogP contribution < -0.4 is 10.6 Å². The van der Waals surface area contributed by atoms with Gasteiger partial charge in [0.15, 0.2) is 0 Å². The van der Waals surface area contributed by atoms with Gasteiger partial charge in [-0.25, -0.2) is 4.79 Å². The van der Waals surface area contributed by atoms with Crippen LogP contribution in [0.3, 0.4) is 0 Å². The number of urea groups is 1. The van der Waals surface area contributed by atoms with Crippen LogP contribution in [0, 0.1) is 0 Å². The van der Waals surface area contributed by atoms with Crippen LogP contribution in [0.4, 0.5) is 4.79 Å². The number of nitrogens with one attached hydrogen (secondary N) is 2. The van der Waals surface area contributed by atoms with Gasteiger partial charge in [0.05, 0.1) is 10.8 Å². The van der Waals surface area contributed by atoms with Crippen LogP contribution in [-0.4, -0.2) is 23.3 Å². The minimum absolute atomic E-state index is 0.119. The summed E-state index contributed by atoms with van der Waals surface area (Å²) in [6, 6.07) is -0.202. The third-order valence-electron chi connectivity index (χ3n) is 1.08. The molecule has 2 amide bonds. The molecule has 1 heterocycles. The second kappa shape index (κ2) is 2.66. The summed E-state index contributed by atoms with van der Waals surface area (Å²) in [4.78, 5) is 10.5. The molecule has 0 aromatic rings. The minimum atomic E-state index is -0.222. The van der Waals surface area contributed by atoms with Crippen molar-refractivity contribution < 1.29 is 4.79 Å². The number of rotatable bonds is 0. The van der Waals surface area contributed by atoms with Crippen molar-refractivity contribution >= 4 is 30.3 Å². The first kappa shape index (κ1) is 7.02. The Morgan fingerprint density at radius 3 is 2.89 bits per heavy atom. The third kappa shape index (κ3) is 1.66. The number of hydrogen-bond acceptors (Lipinski definition) is 2. The normalized spacial score (nSPS) is 35.1. The van der Waals surface area contributed by atoms with Crippen LogP contribution in [0.2, 0.25) is 0 Å². The fraction of sp³-hybridized carbons (Fsp3) is 0.750. The molecule has 52 valence electrons. The largest absolute Gasteiger partial charge is 0.337 e. The van der Waals surface area contributed by atoms with E-state index in [1.165, 1.54) is 0 Å². The Balaban J connectivity index is 2.44. The smallest absolute Gasteiger partial charge is 0.315 e. The highest BCUT2D eigenvalue weighted by Gasteiger charge is 2.22. The van der Waals surface area contributed by atoms with E-state index in [0.717, 1.165) is 0 Å². The molecule has 1 rings (SSSR count). The fourth-order valence-corrected chi connectivity index (χ4v) is 0.940. The fourth-order valence-electron chi connectivity index (χ4n) is 0.578. The van der Waals surface area contributed by atoms with Gasteiger partial charge in [-0.2, -0.15) is 12.6 Å². The minimum Gasteiger partial charge on any atom is -0.337 e. The number of amides is 2. The van der Waals surface area contributed by atoms with Crippen molar-refractivity contribution in [3.8, 4) is 0 Å². The van der Waals surface area contributed by atoms with Gasteiger partial charge in [0.25, 0.3) is 0 Å². The van der Waals surface area contributed by atoms with E-state index in [1.807, 2.05) is 0 Å². The summed E-state index contributed by atoms with van der Waals surface area (Å²) < 4.78 is 0. The maximum Gasteiger partial charge on any atom is 0.315 e. The second-order valence-corrected chi connectivity index (χ2v) is 2.93. The van der Waals surface area contributed by atoms with E-state index >= 15 is 0 Å². The van der Waals surface area contributed by atoms with Gasteiger partial charge in [-0.1, -0.05) is 0 Å². The molecule has 1 fully saturated rings. The summed E-state index contributed by atoms with van der Waals surface area (Å²) in [6.45, 7) is 0.488. The predicted octanol–water partition coefficient (Wildman–Crippen LogP) is 0.162. The topological polar surface area (TPSA) is 41.1 Å². The van der Waals surface area contributed by atoms with E-state index in [2.05, 4.69) is 23.3 Å². The molecule has 2 unspecified atom stereocenters. The molecule has 2 atom stereocenters. The van der Waals surface area contributed by atoms with Gasteiger partial charge in [-0.15, -0.1) is 11.6 Å². The zero-order valence-electron chi connectivity index (χ0n) is 4.60. The van der Waals surface area contributed by atoms with Crippen LogP contribution in [0.25, 0.3) is 0 Å². The molecule has 9 heavy (non-hydrogen) atoms. The van der Waals surface area contributed by atoms with Gasteiger partial charge in [-0.05, 0) is 0 Å². The Hall–Kier alpha value is -0.0900. The highest BCUT2D eigenvalue weighted by atomic mass is 35.5. The van der Waals surface area contributed by atoms with Crippen LogP contribution in [0.15, 0.2) is 0 Å². The van der Waals surface area contributed by atoms with E-state index in [-0.39, 0.29) is 16.8 Å². The Morgan fingerprint density at radius 1 is 1.78 bits per heavy atom. The SMILES string of the molecule is O=C1NCC(Cl)C(S)N1. The van der Waals surface area contributed by atoms with Crippen molar-refractivity contribution in [1.82, 2.24) is 10.6 Å². The molecular formula is C4H7ClN2OS. The Morgan fingerprint density at radius 2 is 2.44 bits per heavy atom. The van der Waals surface area contributed by atoms with Crippen molar-refractivity contribution in [3.63, 3.8) is 0 Å². The van der Waals surface area contributed by atoms with E-state index in [0.29, 0.717) is 6.54 Å². The lowest BCUT2D eigenvalue weighted by atomic mass is 10.3. The van der Waals surface area contributed by atoms with Crippen LogP contribution in [-0.2, 0) is 0 Å². The lowest BCUT2D eigenvalue weighted by Crippen LogP contribution is -2.53.